The third-order valence-corrected chi connectivity index (χ3v) is 11.7. The first kappa shape index (κ1) is 39.6. The second-order valence-electron chi connectivity index (χ2n) is 15.6. The van der Waals surface area contributed by atoms with Crippen molar-refractivity contribution >= 4 is 45.8 Å². The number of anilines is 1. The minimum absolute atomic E-state index is 0.0359. The Kier molecular flexibility index (Phi) is 10.9. The van der Waals surface area contributed by atoms with Gasteiger partial charge in [-0.25, -0.2) is 17.6 Å². The van der Waals surface area contributed by atoms with E-state index >= 15 is 17.6 Å². The van der Waals surface area contributed by atoms with Crippen molar-refractivity contribution in [2.24, 2.45) is 0 Å². The van der Waals surface area contributed by atoms with Crippen molar-refractivity contribution in [3.8, 4) is 11.1 Å². The number of hydrogen-bond donors (Lipinski definition) is 2. The SMILES string of the molecule is CN(C)C(=O)c1cc2c(-c3cc(F)c(N4CCC(c5ccc(C6CCC(=O)NC6=O)cc5F)CC4)cc3F)cc(C3=CCCN(C(=O)CCn4cccn4)C3)c(F)c2[nH]1. The lowest BCUT2D eigenvalue weighted by Crippen LogP contribution is -2.39. The van der Waals surface area contributed by atoms with Crippen molar-refractivity contribution in [3.63, 3.8) is 0 Å². The second-order valence-corrected chi connectivity index (χ2v) is 15.6. The van der Waals surface area contributed by atoms with Crippen LogP contribution in [0.15, 0.2) is 67.0 Å². The van der Waals surface area contributed by atoms with E-state index in [1.54, 1.807) is 59.2 Å². The molecule has 2 saturated heterocycles. The summed E-state index contributed by atoms with van der Waals surface area (Å²) < 4.78 is 66.3. The summed E-state index contributed by atoms with van der Waals surface area (Å²) in [4.78, 5) is 57.7. The fraction of sp³-hybridized carbons (Fsp3) is 0.341. The van der Waals surface area contributed by atoms with Gasteiger partial charge in [0.25, 0.3) is 5.91 Å². The van der Waals surface area contributed by atoms with E-state index in [9.17, 15) is 19.2 Å². The molecular formula is C44H43F4N7O4. The van der Waals surface area contributed by atoms with E-state index in [0.29, 0.717) is 68.6 Å². The van der Waals surface area contributed by atoms with Crippen LogP contribution in [0, 0.1) is 23.3 Å². The number of nitrogens with one attached hydrogen (secondary N) is 2. The molecule has 3 aliphatic heterocycles. The quantitative estimate of drug-likeness (QED) is 0.123. The van der Waals surface area contributed by atoms with Gasteiger partial charge in [0, 0.05) is 94.6 Å². The van der Waals surface area contributed by atoms with Gasteiger partial charge in [0.15, 0.2) is 5.82 Å². The molecule has 4 amide bonds. The molecule has 0 radical (unpaired) electrons. The highest BCUT2D eigenvalue weighted by Crippen LogP contribution is 2.41. The summed E-state index contributed by atoms with van der Waals surface area (Å²) in [5.74, 6) is -4.74. The van der Waals surface area contributed by atoms with Crippen LogP contribution in [0.5, 0.6) is 0 Å². The third-order valence-electron chi connectivity index (χ3n) is 11.7. The molecule has 0 bridgehead atoms. The monoisotopic (exact) mass is 809 g/mol. The molecule has 1 unspecified atom stereocenters. The van der Waals surface area contributed by atoms with Gasteiger partial charge in [0.1, 0.15) is 23.1 Å². The van der Waals surface area contributed by atoms with Gasteiger partial charge in [-0.05, 0) is 84.2 Å². The molecule has 3 aromatic carbocycles. The Morgan fingerprint density at radius 2 is 1.69 bits per heavy atom. The number of aromatic amines is 1. The summed E-state index contributed by atoms with van der Waals surface area (Å²) in [7, 11) is 3.10. The number of nitrogens with zero attached hydrogens (tertiary/aromatic N) is 5. The zero-order chi connectivity index (χ0) is 41.5. The average Bonchev–Trinajstić information content (AvgIpc) is 3.92. The second kappa shape index (κ2) is 16.2. The number of hydrogen-bond acceptors (Lipinski definition) is 6. The van der Waals surface area contributed by atoms with Crippen molar-refractivity contribution in [1.29, 1.82) is 0 Å². The first-order chi connectivity index (χ1) is 28.4. The molecule has 11 nitrogen and oxygen atoms in total. The summed E-state index contributed by atoms with van der Waals surface area (Å²) in [6, 6.07) is 11.6. The first-order valence-electron chi connectivity index (χ1n) is 19.7. The van der Waals surface area contributed by atoms with E-state index in [1.165, 1.54) is 23.1 Å². The van der Waals surface area contributed by atoms with Crippen LogP contribution in [0.25, 0.3) is 27.6 Å². The molecule has 5 aromatic rings. The molecule has 59 heavy (non-hydrogen) atoms. The molecule has 15 heteroatoms. The smallest absolute Gasteiger partial charge is 0.269 e. The van der Waals surface area contributed by atoms with Gasteiger partial charge in [-0.3, -0.25) is 29.2 Å². The number of carbonyl (C=O) groups excluding carboxylic acids is 4. The largest absolute Gasteiger partial charge is 0.369 e. The molecule has 0 spiro atoms. The maximum Gasteiger partial charge on any atom is 0.269 e. The summed E-state index contributed by atoms with van der Waals surface area (Å²) in [6.45, 7) is 1.56. The minimum Gasteiger partial charge on any atom is -0.369 e. The van der Waals surface area contributed by atoms with Crippen molar-refractivity contribution in [2.45, 2.75) is 56.9 Å². The molecule has 2 fully saturated rings. The lowest BCUT2D eigenvalue weighted by atomic mass is 9.85. The van der Waals surface area contributed by atoms with Gasteiger partial charge >= 0.3 is 0 Å². The van der Waals surface area contributed by atoms with E-state index in [-0.39, 0.29) is 76.1 Å². The van der Waals surface area contributed by atoms with Crippen LogP contribution in [0.2, 0.25) is 0 Å². The molecule has 2 aromatic heterocycles. The molecule has 3 aliphatic rings. The van der Waals surface area contributed by atoms with Gasteiger partial charge in [-0.2, -0.15) is 5.10 Å². The van der Waals surface area contributed by atoms with Crippen molar-refractivity contribution in [2.75, 3.05) is 45.2 Å². The molecule has 0 saturated carbocycles. The number of amides is 4. The van der Waals surface area contributed by atoms with E-state index < -0.39 is 41.0 Å². The third kappa shape index (κ3) is 7.85. The van der Waals surface area contributed by atoms with Gasteiger partial charge in [-0.1, -0.05) is 18.2 Å². The van der Waals surface area contributed by atoms with Crippen LogP contribution in [0.3, 0.4) is 0 Å². The zero-order valence-corrected chi connectivity index (χ0v) is 32.7. The van der Waals surface area contributed by atoms with Crippen LogP contribution >= 0.6 is 0 Å². The van der Waals surface area contributed by atoms with Crippen LogP contribution in [0.1, 0.15) is 77.5 Å². The molecule has 0 aliphatic carbocycles. The number of rotatable bonds is 9. The number of fused-ring (bicyclic) bond motifs is 1. The fourth-order valence-corrected chi connectivity index (χ4v) is 8.55. The lowest BCUT2D eigenvalue weighted by Gasteiger charge is -2.34. The normalized spacial score (nSPS) is 17.7. The van der Waals surface area contributed by atoms with Gasteiger partial charge in [0.05, 0.1) is 17.1 Å². The fourth-order valence-electron chi connectivity index (χ4n) is 8.55. The van der Waals surface area contributed by atoms with Crippen molar-refractivity contribution in [1.82, 2.24) is 29.9 Å². The number of piperidine rings is 2. The Bertz CT molecular complexity index is 2510. The van der Waals surface area contributed by atoms with E-state index in [2.05, 4.69) is 15.4 Å². The zero-order valence-electron chi connectivity index (χ0n) is 32.7. The lowest BCUT2D eigenvalue weighted by molar-refractivity contribution is -0.134. The highest BCUT2D eigenvalue weighted by molar-refractivity contribution is 6.05. The van der Waals surface area contributed by atoms with Crippen LogP contribution < -0.4 is 10.2 Å². The number of benzene rings is 3. The van der Waals surface area contributed by atoms with Gasteiger partial charge in [-0.15, -0.1) is 0 Å². The number of aromatic nitrogens is 3. The Morgan fingerprint density at radius 3 is 2.41 bits per heavy atom. The van der Waals surface area contributed by atoms with Crippen LogP contribution in [-0.4, -0.2) is 88.5 Å². The molecule has 2 N–H and O–H groups in total. The van der Waals surface area contributed by atoms with E-state index in [1.807, 2.05) is 6.08 Å². The summed E-state index contributed by atoms with van der Waals surface area (Å²) in [6.07, 6.45) is 7.30. The topological polar surface area (TPSA) is 124 Å². The van der Waals surface area contributed by atoms with Crippen molar-refractivity contribution < 1.29 is 36.7 Å². The Balaban J connectivity index is 1.05. The number of halogens is 4. The molecule has 306 valence electrons. The number of carbonyl (C=O) groups is 4. The molecule has 5 heterocycles. The minimum atomic E-state index is -0.757. The number of aryl methyl sites for hydroxylation is 1. The van der Waals surface area contributed by atoms with Gasteiger partial charge in [0.2, 0.25) is 17.7 Å². The number of H-pyrrole nitrogens is 1. The Morgan fingerprint density at radius 1 is 0.898 bits per heavy atom. The highest BCUT2D eigenvalue weighted by Gasteiger charge is 2.31. The highest BCUT2D eigenvalue weighted by atomic mass is 19.1. The molecular weight excluding hydrogens is 767 g/mol. The van der Waals surface area contributed by atoms with Crippen molar-refractivity contribution in [3.05, 3.63) is 113 Å². The molecule has 8 rings (SSSR count). The first-order valence-corrected chi connectivity index (χ1v) is 19.7. The van der Waals surface area contributed by atoms with E-state index in [4.69, 9.17) is 0 Å². The summed E-state index contributed by atoms with van der Waals surface area (Å²) in [5, 5.41) is 6.64. The van der Waals surface area contributed by atoms with Gasteiger partial charge < -0.3 is 19.7 Å². The Labute approximate surface area is 337 Å². The van der Waals surface area contributed by atoms with E-state index in [0.717, 1.165) is 12.1 Å². The van der Waals surface area contributed by atoms with Crippen LogP contribution in [-0.2, 0) is 20.9 Å². The predicted molar refractivity (Wildman–Crippen MR) is 213 cm³/mol. The predicted octanol–water partition coefficient (Wildman–Crippen LogP) is 6.90. The standard InChI is InChI=1S/C44H43F4N7O4/c1-52(2)44(59)37-22-33-31(20-30(41(48)42(33)50-37)27-5-3-14-54(24-27)40(57)12-18-55-15-4-13-49-55)32-21-36(47)38(23-35(32)46)53-16-10-25(11-17-53)28-7-6-26(19-34(28)45)29-8-9-39(56)51-43(29)58/h4-7,13,15,19-23,25,29,50H,3,8-12,14,16-18,24H2,1-2H3,(H,51,56,58). The summed E-state index contributed by atoms with van der Waals surface area (Å²) >= 11 is 0. The Hall–Kier alpha value is -6.25. The maximum absolute atomic E-state index is 16.6. The number of imide groups is 1. The molecule has 1 atom stereocenters. The summed E-state index contributed by atoms with van der Waals surface area (Å²) in [5.41, 5.74) is 1.69. The maximum atomic E-state index is 16.6. The average molecular weight is 810 g/mol. The van der Waals surface area contributed by atoms with Crippen LogP contribution in [0.4, 0.5) is 23.2 Å².